The highest BCUT2D eigenvalue weighted by Crippen LogP contribution is 2.23. The Bertz CT molecular complexity index is 608. The molecule has 7 nitrogen and oxygen atoms in total. The second-order valence-corrected chi connectivity index (χ2v) is 6.54. The Labute approximate surface area is 117 Å². The third kappa shape index (κ3) is 3.53. The maximum absolute atomic E-state index is 12.3. The molecule has 20 heavy (non-hydrogen) atoms. The SMILES string of the molecule is CCC(C)(CO)NS(=O)(=O)c1cc([N+](=O)[O-])ccc1C. The number of rotatable bonds is 6. The van der Waals surface area contributed by atoms with Crippen LogP contribution < -0.4 is 4.72 Å². The molecule has 8 heteroatoms. The molecule has 0 spiro atoms. The van der Waals surface area contributed by atoms with E-state index in [0.717, 1.165) is 6.07 Å². The van der Waals surface area contributed by atoms with E-state index in [9.17, 15) is 23.6 Å². The van der Waals surface area contributed by atoms with Crippen LogP contribution in [0.1, 0.15) is 25.8 Å². The number of nitro benzene ring substituents is 1. The number of hydrogen-bond acceptors (Lipinski definition) is 5. The van der Waals surface area contributed by atoms with Gasteiger partial charge in [-0.15, -0.1) is 0 Å². The predicted octanol–water partition coefficient (Wildman–Crippen LogP) is 1.34. The molecule has 0 aromatic heterocycles. The van der Waals surface area contributed by atoms with Crippen molar-refractivity contribution in [3.8, 4) is 0 Å². The molecule has 0 saturated heterocycles. The number of aliphatic hydroxyl groups is 1. The highest BCUT2D eigenvalue weighted by Gasteiger charge is 2.30. The highest BCUT2D eigenvalue weighted by molar-refractivity contribution is 7.89. The van der Waals surface area contributed by atoms with Gasteiger partial charge in [-0.1, -0.05) is 13.0 Å². The number of nitrogens with zero attached hydrogens (tertiary/aromatic N) is 1. The van der Waals surface area contributed by atoms with Crippen LogP contribution in [0.2, 0.25) is 0 Å². The van der Waals surface area contributed by atoms with Crippen molar-refractivity contribution in [1.29, 1.82) is 0 Å². The average Bonchev–Trinajstić information content (AvgIpc) is 2.38. The van der Waals surface area contributed by atoms with Crippen LogP contribution in [-0.4, -0.2) is 30.6 Å². The van der Waals surface area contributed by atoms with Gasteiger partial charge in [0.2, 0.25) is 10.0 Å². The summed E-state index contributed by atoms with van der Waals surface area (Å²) in [5.41, 5.74) is -0.895. The number of aliphatic hydroxyl groups excluding tert-OH is 1. The van der Waals surface area contributed by atoms with Crippen molar-refractivity contribution in [1.82, 2.24) is 4.72 Å². The van der Waals surface area contributed by atoms with E-state index in [0.29, 0.717) is 12.0 Å². The number of benzene rings is 1. The molecule has 1 aromatic rings. The molecule has 0 heterocycles. The first-order chi connectivity index (χ1) is 9.15. The Morgan fingerprint density at radius 2 is 2.05 bits per heavy atom. The van der Waals surface area contributed by atoms with Gasteiger partial charge in [0.15, 0.2) is 0 Å². The molecular formula is C12H18N2O5S. The van der Waals surface area contributed by atoms with Crippen molar-refractivity contribution < 1.29 is 18.4 Å². The molecule has 1 atom stereocenters. The Morgan fingerprint density at radius 3 is 2.50 bits per heavy atom. The molecule has 0 aliphatic carbocycles. The molecule has 0 saturated carbocycles. The van der Waals surface area contributed by atoms with Crippen molar-refractivity contribution in [3.63, 3.8) is 0 Å². The van der Waals surface area contributed by atoms with Crippen LogP contribution in [-0.2, 0) is 10.0 Å². The Hall–Kier alpha value is -1.51. The number of hydrogen-bond donors (Lipinski definition) is 2. The van der Waals surface area contributed by atoms with E-state index in [1.807, 2.05) is 0 Å². The van der Waals surface area contributed by atoms with Gasteiger partial charge in [-0.2, -0.15) is 0 Å². The minimum atomic E-state index is -3.94. The molecular weight excluding hydrogens is 284 g/mol. The molecule has 0 bridgehead atoms. The lowest BCUT2D eigenvalue weighted by Gasteiger charge is -2.27. The summed E-state index contributed by atoms with van der Waals surface area (Å²) in [5, 5.41) is 20.0. The van der Waals surface area contributed by atoms with Crippen LogP contribution in [0, 0.1) is 17.0 Å². The van der Waals surface area contributed by atoms with Crippen molar-refractivity contribution in [2.45, 2.75) is 37.6 Å². The van der Waals surface area contributed by atoms with Crippen molar-refractivity contribution in [2.24, 2.45) is 0 Å². The normalized spacial score (nSPS) is 14.8. The van der Waals surface area contributed by atoms with Gasteiger partial charge in [-0.05, 0) is 25.8 Å². The van der Waals surface area contributed by atoms with Crippen LogP contribution in [0.4, 0.5) is 5.69 Å². The van der Waals surface area contributed by atoms with Gasteiger partial charge in [0.05, 0.1) is 22.0 Å². The van der Waals surface area contributed by atoms with E-state index in [4.69, 9.17) is 0 Å². The van der Waals surface area contributed by atoms with Crippen molar-refractivity contribution >= 4 is 15.7 Å². The third-order valence-corrected chi connectivity index (χ3v) is 4.96. The summed E-state index contributed by atoms with van der Waals surface area (Å²) >= 11 is 0. The number of aryl methyl sites for hydroxylation is 1. The smallest absolute Gasteiger partial charge is 0.270 e. The molecule has 112 valence electrons. The second-order valence-electron chi connectivity index (χ2n) is 4.88. The van der Waals surface area contributed by atoms with E-state index in [2.05, 4.69) is 4.72 Å². The molecule has 0 fully saturated rings. The molecule has 0 amide bonds. The standard InChI is InChI=1S/C12H18N2O5S/c1-4-12(3,8-15)13-20(18,19)11-7-10(14(16)17)6-5-9(11)2/h5-7,13,15H,4,8H2,1-3H3. The number of nitro groups is 1. The Kier molecular flexibility index (Phi) is 4.85. The third-order valence-electron chi connectivity index (χ3n) is 3.18. The molecule has 0 radical (unpaired) electrons. The fraction of sp³-hybridized carbons (Fsp3) is 0.500. The number of non-ortho nitro benzene ring substituents is 1. The fourth-order valence-corrected chi connectivity index (χ4v) is 3.32. The monoisotopic (exact) mass is 302 g/mol. The van der Waals surface area contributed by atoms with Gasteiger partial charge in [-0.25, -0.2) is 13.1 Å². The lowest BCUT2D eigenvalue weighted by Crippen LogP contribution is -2.48. The molecule has 1 rings (SSSR count). The maximum Gasteiger partial charge on any atom is 0.270 e. The Balaban J connectivity index is 3.28. The quantitative estimate of drug-likeness (QED) is 0.608. The summed E-state index contributed by atoms with van der Waals surface area (Å²) in [5.74, 6) is 0. The van der Waals surface area contributed by atoms with Gasteiger partial charge in [0, 0.05) is 12.1 Å². The minimum Gasteiger partial charge on any atom is -0.394 e. The van der Waals surface area contributed by atoms with E-state index in [-0.39, 0.29) is 17.2 Å². The first-order valence-corrected chi connectivity index (χ1v) is 7.53. The zero-order valence-electron chi connectivity index (χ0n) is 11.6. The largest absolute Gasteiger partial charge is 0.394 e. The Morgan fingerprint density at radius 1 is 1.45 bits per heavy atom. The zero-order chi connectivity index (χ0) is 15.6. The summed E-state index contributed by atoms with van der Waals surface area (Å²) in [7, 11) is -3.94. The lowest BCUT2D eigenvalue weighted by atomic mass is 10.0. The number of sulfonamides is 1. The lowest BCUT2D eigenvalue weighted by molar-refractivity contribution is -0.385. The van der Waals surface area contributed by atoms with Gasteiger partial charge in [0.25, 0.3) is 5.69 Å². The van der Waals surface area contributed by atoms with Gasteiger partial charge in [0.1, 0.15) is 0 Å². The minimum absolute atomic E-state index is 0.153. The molecule has 2 N–H and O–H groups in total. The first-order valence-electron chi connectivity index (χ1n) is 6.05. The summed E-state index contributed by atoms with van der Waals surface area (Å²) in [6.07, 6.45) is 0.386. The van der Waals surface area contributed by atoms with Crippen LogP contribution in [0.3, 0.4) is 0 Å². The van der Waals surface area contributed by atoms with E-state index in [1.54, 1.807) is 20.8 Å². The van der Waals surface area contributed by atoms with Gasteiger partial charge >= 0.3 is 0 Å². The molecule has 0 aliphatic heterocycles. The van der Waals surface area contributed by atoms with E-state index < -0.39 is 20.5 Å². The van der Waals surface area contributed by atoms with E-state index in [1.165, 1.54) is 12.1 Å². The summed E-state index contributed by atoms with van der Waals surface area (Å²) in [4.78, 5) is 9.94. The van der Waals surface area contributed by atoms with Crippen LogP contribution in [0.15, 0.2) is 23.1 Å². The van der Waals surface area contributed by atoms with Crippen LogP contribution in [0.5, 0.6) is 0 Å². The maximum atomic E-state index is 12.3. The summed E-state index contributed by atoms with van der Waals surface area (Å²) in [6.45, 7) is 4.49. The zero-order valence-corrected chi connectivity index (χ0v) is 12.4. The average molecular weight is 302 g/mol. The predicted molar refractivity (Wildman–Crippen MR) is 73.9 cm³/mol. The number of nitrogens with one attached hydrogen (secondary N) is 1. The summed E-state index contributed by atoms with van der Waals surface area (Å²) < 4.78 is 27.0. The second kappa shape index (κ2) is 5.86. The van der Waals surface area contributed by atoms with E-state index >= 15 is 0 Å². The fourth-order valence-electron chi connectivity index (χ4n) is 1.59. The van der Waals surface area contributed by atoms with Crippen LogP contribution >= 0.6 is 0 Å². The van der Waals surface area contributed by atoms with Crippen molar-refractivity contribution in [2.75, 3.05) is 6.61 Å². The highest BCUT2D eigenvalue weighted by atomic mass is 32.2. The molecule has 0 aliphatic rings. The topological polar surface area (TPSA) is 110 Å². The molecule has 1 unspecified atom stereocenters. The van der Waals surface area contributed by atoms with Gasteiger partial charge < -0.3 is 5.11 Å². The van der Waals surface area contributed by atoms with Gasteiger partial charge in [-0.3, -0.25) is 10.1 Å². The summed E-state index contributed by atoms with van der Waals surface area (Å²) in [6, 6.07) is 3.65. The molecule has 1 aromatic carbocycles. The van der Waals surface area contributed by atoms with Crippen LogP contribution in [0.25, 0.3) is 0 Å². The van der Waals surface area contributed by atoms with Crippen molar-refractivity contribution in [3.05, 3.63) is 33.9 Å². The first kappa shape index (κ1) is 16.5.